The Labute approximate surface area is 269 Å². The second-order valence-electron chi connectivity index (χ2n) is 11.3. The molecule has 2 aliphatic rings. The molecule has 2 rings (SSSR count). The largest absolute Gasteiger partial charge is 0.439 e. The lowest BCUT2D eigenvalue weighted by Crippen LogP contribution is -2.38. The Morgan fingerprint density at radius 2 is 1.91 bits per heavy atom. The first-order chi connectivity index (χ1) is 21.7. The van der Waals surface area contributed by atoms with E-state index >= 15 is 0 Å². The van der Waals surface area contributed by atoms with Gasteiger partial charge in [-0.2, -0.15) is 0 Å². The van der Waals surface area contributed by atoms with Crippen molar-refractivity contribution in [3.8, 4) is 0 Å². The van der Waals surface area contributed by atoms with Crippen molar-refractivity contribution in [1.29, 1.82) is 0 Å². The number of nitrogens with zero attached hydrogens (tertiary/aromatic N) is 1. The number of hydrogen-bond donors (Lipinski definition) is 4. The number of methoxy groups -OCH3 is 2. The Bertz CT molecular complexity index is 1360. The van der Waals surface area contributed by atoms with E-state index in [9.17, 15) is 24.3 Å². The zero-order valence-corrected chi connectivity index (χ0v) is 27.5. The van der Waals surface area contributed by atoms with Crippen molar-refractivity contribution >= 4 is 29.4 Å². The standard InChI is InChI=1S/C33H46N4O9/c1-9-13-45-37-24-17-25-30(40)23(28(24)35-22(6)38)14-18(2)15-27(44-8)29(39)20(4)16-21(5)31(46-33(34)42)26(43-7)12-10-11-19(3)32(41)36-25/h9-12,16-18,20,26-27,29,31,39H,1,13-15H2,2-8H3,(H2,34,42)(H,35,38)(H,36,41)/b12-10-,19-11+,21-16+,37-24+/t18-,20+,26+,27+,29-,31+/m1/s1. The summed E-state index contributed by atoms with van der Waals surface area (Å²) in [5.41, 5.74) is 6.58. The Kier molecular flexibility index (Phi) is 14.8. The highest BCUT2D eigenvalue weighted by atomic mass is 16.6. The van der Waals surface area contributed by atoms with Crippen molar-refractivity contribution < 1.29 is 43.3 Å². The van der Waals surface area contributed by atoms with Crippen LogP contribution in [0.2, 0.25) is 0 Å². The third-order valence-electron chi connectivity index (χ3n) is 7.47. The number of fused-ring (bicyclic) bond motifs is 2. The number of amides is 3. The lowest BCUT2D eigenvalue weighted by atomic mass is 9.85. The van der Waals surface area contributed by atoms with E-state index in [1.54, 1.807) is 39.0 Å². The van der Waals surface area contributed by atoms with E-state index in [-0.39, 0.29) is 47.2 Å². The van der Waals surface area contributed by atoms with Crippen LogP contribution >= 0.6 is 0 Å². The first kappa shape index (κ1) is 37.9. The average molecular weight is 643 g/mol. The number of rotatable bonds is 7. The van der Waals surface area contributed by atoms with Crippen LogP contribution in [0.15, 0.2) is 76.3 Å². The van der Waals surface area contributed by atoms with Crippen LogP contribution in [0.25, 0.3) is 0 Å². The zero-order valence-electron chi connectivity index (χ0n) is 27.5. The number of Topliss-reactive ketones (excluding diaryl/α,β-unsaturated/α-hetero) is 1. The minimum atomic E-state index is -1.01. The van der Waals surface area contributed by atoms with Gasteiger partial charge in [0.1, 0.15) is 18.4 Å². The van der Waals surface area contributed by atoms with Gasteiger partial charge in [-0.05, 0) is 44.3 Å². The number of ether oxygens (including phenoxy) is 3. The third-order valence-corrected chi connectivity index (χ3v) is 7.47. The number of hydrogen-bond acceptors (Lipinski definition) is 10. The predicted octanol–water partition coefficient (Wildman–Crippen LogP) is 2.89. The molecule has 0 unspecified atom stereocenters. The van der Waals surface area contributed by atoms with E-state index in [0.717, 1.165) is 0 Å². The minimum absolute atomic E-state index is 0.0631. The molecule has 0 radical (unpaired) electrons. The van der Waals surface area contributed by atoms with Crippen LogP contribution in [0.5, 0.6) is 0 Å². The highest BCUT2D eigenvalue weighted by Crippen LogP contribution is 2.29. The molecule has 5 N–H and O–H groups in total. The summed E-state index contributed by atoms with van der Waals surface area (Å²) in [5.74, 6) is -2.25. The number of ketones is 1. The summed E-state index contributed by atoms with van der Waals surface area (Å²) in [7, 11) is 2.91. The first-order valence-electron chi connectivity index (χ1n) is 14.9. The third kappa shape index (κ3) is 10.6. The SMILES string of the molecule is C=CCO/N=C1\C=C2NC(=O)/C(C)=C/C=C\[C@H](OC)[C@@H](OC(N)=O)/C(C)=C/[C@H](C)[C@@H](O)[C@@H](OC)C[C@H](C)CC(=C1NC(C)=O)C2=O. The molecule has 1 aliphatic carbocycles. The summed E-state index contributed by atoms with van der Waals surface area (Å²) in [4.78, 5) is 56.3. The second kappa shape index (κ2) is 18.0. The number of nitrogens with one attached hydrogen (secondary N) is 2. The molecule has 13 nitrogen and oxygen atoms in total. The summed E-state index contributed by atoms with van der Waals surface area (Å²) < 4.78 is 16.6. The van der Waals surface area contributed by atoms with Gasteiger partial charge in [0.05, 0.1) is 23.6 Å². The maximum Gasteiger partial charge on any atom is 0.405 e. The molecule has 0 aromatic carbocycles. The normalized spacial score (nSPS) is 30.6. The Hall–Kier alpha value is -4.33. The quantitative estimate of drug-likeness (QED) is 0.140. The molecule has 0 aromatic heterocycles. The van der Waals surface area contributed by atoms with Crippen molar-refractivity contribution in [3.63, 3.8) is 0 Å². The number of carbonyl (C=O) groups excluding carboxylic acids is 4. The van der Waals surface area contributed by atoms with E-state index in [2.05, 4.69) is 22.4 Å². The van der Waals surface area contributed by atoms with Crippen molar-refractivity contribution in [3.05, 3.63) is 71.1 Å². The van der Waals surface area contributed by atoms with E-state index in [4.69, 9.17) is 24.8 Å². The van der Waals surface area contributed by atoms with Gasteiger partial charge in [0, 0.05) is 38.2 Å². The maximum absolute atomic E-state index is 13.8. The van der Waals surface area contributed by atoms with Crippen molar-refractivity contribution in [2.45, 2.75) is 71.9 Å². The van der Waals surface area contributed by atoms with Crippen LogP contribution in [-0.4, -0.2) is 79.8 Å². The lowest BCUT2D eigenvalue weighted by Gasteiger charge is -2.30. The van der Waals surface area contributed by atoms with Crippen LogP contribution < -0.4 is 16.4 Å². The second-order valence-corrected chi connectivity index (χ2v) is 11.3. The molecule has 1 aliphatic heterocycles. The van der Waals surface area contributed by atoms with Crippen LogP contribution in [0.3, 0.4) is 0 Å². The molecule has 1 heterocycles. The van der Waals surface area contributed by atoms with Crippen molar-refractivity contribution in [1.82, 2.24) is 10.6 Å². The summed E-state index contributed by atoms with van der Waals surface area (Å²) in [5, 5.41) is 20.8. The molecule has 0 aromatic rings. The number of carbonyl (C=O) groups is 4. The molecular formula is C33H46N4O9. The van der Waals surface area contributed by atoms with E-state index in [1.807, 2.05) is 6.92 Å². The number of oxime groups is 1. The molecule has 0 spiro atoms. The van der Waals surface area contributed by atoms with E-state index in [1.165, 1.54) is 39.4 Å². The van der Waals surface area contributed by atoms with Crippen LogP contribution in [0.1, 0.15) is 47.5 Å². The summed E-state index contributed by atoms with van der Waals surface area (Å²) >= 11 is 0. The van der Waals surface area contributed by atoms with Crippen LogP contribution in [0.4, 0.5) is 4.79 Å². The van der Waals surface area contributed by atoms with E-state index in [0.29, 0.717) is 12.0 Å². The average Bonchev–Trinajstić information content (AvgIpc) is 2.99. The zero-order chi connectivity index (χ0) is 34.6. The maximum atomic E-state index is 13.8. The molecule has 6 atom stereocenters. The first-order valence-corrected chi connectivity index (χ1v) is 14.9. The monoisotopic (exact) mass is 642 g/mol. The molecule has 46 heavy (non-hydrogen) atoms. The number of primary amides is 1. The fourth-order valence-electron chi connectivity index (χ4n) is 5.14. The van der Waals surface area contributed by atoms with Gasteiger partial charge < -0.3 is 40.5 Å². The van der Waals surface area contributed by atoms with Crippen LogP contribution in [-0.2, 0) is 33.4 Å². The number of nitrogens with two attached hydrogens (primary N) is 1. The lowest BCUT2D eigenvalue weighted by molar-refractivity contribution is -0.119. The fourth-order valence-corrected chi connectivity index (χ4v) is 5.14. The minimum Gasteiger partial charge on any atom is -0.439 e. The molecule has 0 fully saturated rings. The van der Waals surface area contributed by atoms with Gasteiger partial charge in [0.25, 0.3) is 5.91 Å². The van der Waals surface area contributed by atoms with Crippen LogP contribution in [0, 0.1) is 11.8 Å². The molecule has 0 saturated heterocycles. The fraction of sp³-hybridized carbons (Fsp3) is 0.485. The molecular weight excluding hydrogens is 596 g/mol. The summed E-state index contributed by atoms with van der Waals surface area (Å²) in [6.45, 7) is 11.9. The molecule has 2 bridgehead atoms. The van der Waals surface area contributed by atoms with Crippen molar-refractivity contribution in [2.75, 3.05) is 20.8 Å². The van der Waals surface area contributed by atoms with Gasteiger partial charge >= 0.3 is 6.09 Å². The molecule has 0 saturated carbocycles. The van der Waals surface area contributed by atoms with Gasteiger partial charge in [0.15, 0.2) is 6.10 Å². The van der Waals surface area contributed by atoms with Gasteiger partial charge in [0.2, 0.25) is 11.7 Å². The number of allylic oxidation sites excluding steroid dienone is 4. The Morgan fingerprint density at radius 1 is 1.22 bits per heavy atom. The molecule has 252 valence electrons. The summed E-state index contributed by atoms with van der Waals surface area (Å²) in [6, 6.07) is 0. The smallest absolute Gasteiger partial charge is 0.405 e. The van der Waals surface area contributed by atoms with Crippen molar-refractivity contribution in [2.24, 2.45) is 22.7 Å². The Morgan fingerprint density at radius 3 is 2.50 bits per heavy atom. The molecule has 3 amide bonds. The van der Waals surface area contributed by atoms with E-state index < -0.39 is 54.0 Å². The summed E-state index contributed by atoms with van der Waals surface area (Å²) in [6.07, 6.45) is 5.27. The highest BCUT2D eigenvalue weighted by Gasteiger charge is 2.33. The predicted molar refractivity (Wildman–Crippen MR) is 172 cm³/mol. The topological polar surface area (TPSA) is 188 Å². The van der Waals surface area contributed by atoms with Gasteiger partial charge in [-0.1, -0.05) is 56.0 Å². The number of aliphatic hydroxyl groups excluding tert-OH is 1. The highest BCUT2D eigenvalue weighted by molar-refractivity contribution is 6.25. The number of aliphatic hydroxyl groups is 1. The van der Waals surface area contributed by atoms with Gasteiger partial charge in [-0.15, -0.1) is 0 Å². The Balaban J connectivity index is 2.73. The van der Waals surface area contributed by atoms with Gasteiger partial charge in [-0.25, -0.2) is 4.79 Å². The van der Waals surface area contributed by atoms with Gasteiger partial charge in [-0.3, -0.25) is 14.4 Å². The molecule has 13 heteroatoms.